The molecule has 0 heterocycles. The predicted molar refractivity (Wildman–Crippen MR) is 121 cm³/mol. The molecule has 6 unspecified atom stereocenters. The fraction of sp³-hybridized carbons (Fsp3) is 1.00. The second-order valence-corrected chi connectivity index (χ2v) is 12.1. The zero-order valence-electron chi connectivity index (χ0n) is 20.7. The summed E-state index contributed by atoms with van der Waals surface area (Å²) in [5.41, 5.74) is 1.36. The Balaban J connectivity index is 2.44. The van der Waals surface area contributed by atoms with E-state index in [0.717, 1.165) is 29.6 Å². The van der Waals surface area contributed by atoms with Gasteiger partial charge in [-0.3, -0.25) is 4.90 Å². The highest BCUT2D eigenvalue weighted by atomic mass is 15.2. The van der Waals surface area contributed by atoms with Gasteiger partial charge in [-0.05, 0) is 100 Å². The highest BCUT2D eigenvalue weighted by Gasteiger charge is 2.57. The van der Waals surface area contributed by atoms with Crippen LogP contribution in [0.15, 0.2) is 0 Å². The highest BCUT2D eigenvalue weighted by molar-refractivity contribution is 5.08. The molecule has 2 aliphatic rings. The lowest BCUT2D eigenvalue weighted by Crippen LogP contribution is -2.59. The Labute approximate surface area is 172 Å². The molecule has 2 rings (SSSR count). The van der Waals surface area contributed by atoms with Crippen LogP contribution in [-0.2, 0) is 0 Å². The lowest BCUT2D eigenvalue weighted by Gasteiger charge is -2.61. The Kier molecular flexibility index (Phi) is 6.89. The molecule has 1 heteroatoms. The molecule has 27 heavy (non-hydrogen) atoms. The zero-order chi connectivity index (χ0) is 20.8. The van der Waals surface area contributed by atoms with Crippen molar-refractivity contribution in [2.45, 2.75) is 119 Å². The largest absolute Gasteiger partial charge is 0.299 e. The molecule has 0 aromatic carbocycles. The Bertz CT molecular complexity index is 482. The predicted octanol–water partition coefficient (Wildman–Crippen LogP) is 7.65. The van der Waals surface area contributed by atoms with Gasteiger partial charge >= 0.3 is 0 Å². The molecule has 160 valence electrons. The summed E-state index contributed by atoms with van der Waals surface area (Å²) in [4.78, 5) is 2.67. The third kappa shape index (κ3) is 4.01. The molecule has 2 aliphatic carbocycles. The van der Waals surface area contributed by atoms with Gasteiger partial charge in [0, 0.05) is 11.6 Å². The second-order valence-electron chi connectivity index (χ2n) is 12.1. The Morgan fingerprint density at radius 2 is 1.41 bits per heavy atom. The monoisotopic (exact) mass is 377 g/mol. The molecule has 2 fully saturated rings. The maximum absolute atomic E-state index is 2.67. The number of nitrogens with zero attached hydrogens (tertiary/aromatic N) is 1. The van der Waals surface area contributed by atoms with Crippen LogP contribution < -0.4 is 0 Å². The fourth-order valence-electron chi connectivity index (χ4n) is 8.02. The first kappa shape index (κ1) is 23.2. The van der Waals surface area contributed by atoms with E-state index in [-0.39, 0.29) is 0 Å². The average Bonchev–Trinajstić information content (AvgIpc) is 2.66. The van der Waals surface area contributed by atoms with Crippen LogP contribution in [0.3, 0.4) is 0 Å². The molecule has 0 aliphatic heterocycles. The van der Waals surface area contributed by atoms with Gasteiger partial charge in [0.2, 0.25) is 0 Å². The topological polar surface area (TPSA) is 3.24 Å². The van der Waals surface area contributed by atoms with Crippen LogP contribution in [0.1, 0.15) is 108 Å². The van der Waals surface area contributed by atoms with E-state index in [0.29, 0.717) is 22.4 Å². The summed E-state index contributed by atoms with van der Waals surface area (Å²) in [6.45, 7) is 25.2. The van der Waals surface area contributed by atoms with Gasteiger partial charge in [-0.15, -0.1) is 0 Å². The highest BCUT2D eigenvalue weighted by Crippen LogP contribution is 2.64. The van der Waals surface area contributed by atoms with Crippen molar-refractivity contribution in [3.8, 4) is 0 Å². The van der Waals surface area contributed by atoms with Crippen molar-refractivity contribution in [2.24, 2.45) is 40.4 Å². The molecule has 0 aromatic rings. The Morgan fingerprint density at radius 3 is 1.85 bits per heavy atom. The summed E-state index contributed by atoms with van der Waals surface area (Å²) in [7, 11) is 2.37. The van der Waals surface area contributed by atoms with Crippen LogP contribution in [-0.4, -0.2) is 23.5 Å². The minimum Gasteiger partial charge on any atom is -0.299 e. The van der Waals surface area contributed by atoms with Crippen LogP contribution in [0, 0.1) is 40.4 Å². The lowest BCUT2D eigenvalue weighted by atomic mass is 9.47. The van der Waals surface area contributed by atoms with Gasteiger partial charge in [-0.1, -0.05) is 54.9 Å². The maximum atomic E-state index is 2.67. The molecule has 0 saturated heterocycles. The first-order valence-corrected chi connectivity index (χ1v) is 12.0. The third-order valence-corrected chi connectivity index (χ3v) is 9.95. The quantitative estimate of drug-likeness (QED) is 0.486. The maximum Gasteiger partial charge on any atom is 0.0186 e. The van der Waals surface area contributed by atoms with Crippen molar-refractivity contribution in [1.29, 1.82) is 0 Å². The van der Waals surface area contributed by atoms with Crippen LogP contribution in [0.5, 0.6) is 0 Å². The van der Waals surface area contributed by atoms with E-state index >= 15 is 0 Å². The van der Waals surface area contributed by atoms with Crippen molar-refractivity contribution in [2.75, 3.05) is 7.05 Å². The normalized spacial score (nSPS) is 47.4. The molecule has 2 saturated carbocycles. The van der Waals surface area contributed by atoms with Crippen LogP contribution >= 0.6 is 0 Å². The second kappa shape index (κ2) is 8.00. The van der Waals surface area contributed by atoms with E-state index in [4.69, 9.17) is 0 Å². The molecule has 0 bridgehead atoms. The van der Waals surface area contributed by atoms with Crippen LogP contribution in [0.2, 0.25) is 0 Å². The summed E-state index contributed by atoms with van der Waals surface area (Å²) >= 11 is 0. The van der Waals surface area contributed by atoms with Gasteiger partial charge in [0.1, 0.15) is 0 Å². The smallest absolute Gasteiger partial charge is 0.0186 e. The Hall–Kier alpha value is -0.0400. The van der Waals surface area contributed by atoms with Gasteiger partial charge in [-0.2, -0.15) is 0 Å². The van der Waals surface area contributed by atoms with Crippen molar-refractivity contribution in [1.82, 2.24) is 4.90 Å². The number of rotatable bonds is 4. The van der Waals surface area contributed by atoms with Crippen molar-refractivity contribution < 1.29 is 0 Å². The van der Waals surface area contributed by atoms with Crippen molar-refractivity contribution >= 4 is 0 Å². The Morgan fingerprint density at radius 1 is 0.889 bits per heavy atom. The van der Waals surface area contributed by atoms with E-state index in [2.05, 4.69) is 81.2 Å². The van der Waals surface area contributed by atoms with E-state index in [9.17, 15) is 0 Å². The van der Waals surface area contributed by atoms with E-state index in [1.165, 1.54) is 38.5 Å². The molecule has 6 atom stereocenters. The number of hydrogen-bond donors (Lipinski definition) is 0. The van der Waals surface area contributed by atoms with Gasteiger partial charge in [0.05, 0.1) is 0 Å². The fourth-order valence-corrected chi connectivity index (χ4v) is 8.02. The summed E-state index contributed by atoms with van der Waals surface area (Å²) in [6.07, 6.45) is 8.35. The molecule has 0 aromatic heterocycles. The van der Waals surface area contributed by atoms with Gasteiger partial charge in [-0.25, -0.2) is 0 Å². The van der Waals surface area contributed by atoms with E-state index in [1.807, 2.05) is 0 Å². The third-order valence-electron chi connectivity index (χ3n) is 9.95. The summed E-state index contributed by atoms with van der Waals surface area (Å²) in [5, 5.41) is 0. The lowest BCUT2D eigenvalue weighted by molar-refractivity contribution is -0.109. The standard InChI is InChI=1S/C26H51N/c1-12-20(5)24(9)14-19(4)13-21(6)26(17-24)22(7)15-25(10,16-23(26)8)27(11)18(2)3/h18-23H,12-17H2,1-11H3. The van der Waals surface area contributed by atoms with Gasteiger partial charge in [0.25, 0.3) is 0 Å². The molecule has 0 N–H and O–H groups in total. The van der Waals surface area contributed by atoms with E-state index < -0.39 is 0 Å². The first-order chi connectivity index (χ1) is 12.3. The molecular formula is C26H51N. The van der Waals surface area contributed by atoms with Gasteiger partial charge < -0.3 is 0 Å². The summed E-state index contributed by atoms with van der Waals surface area (Å²) in [6, 6.07) is 0.625. The van der Waals surface area contributed by atoms with Crippen molar-refractivity contribution in [3.05, 3.63) is 0 Å². The minimum absolute atomic E-state index is 0.350. The van der Waals surface area contributed by atoms with Crippen molar-refractivity contribution in [3.63, 3.8) is 0 Å². The molecule has 0 amide bonds. The molecule has 1 nitrogen and oxygen atoms in total. The zero-order valence-corrected chi connectivity index (χ0v) is 20.7. The van der Waals surface area contributed by atoms with Crippen LogP contribution in [0.4, 0.5) is 0 Å². The summed E-state index contributed by atoms with van der Waals surface area (Å²) < 4.78 is 0. The molecular weight excluding hydrogens is 326 g/mol. The summed E-state index contributed by atoms with van der Waals surface area (Å²) in [5.74, 6) is 4.14. The number of hydrogen-bond acceptors (Lipinski definition) is 1. The van der Waals surface area contributed by atoms with Crippen LogP contribution in [0.25, 0.3) is 0 Å². The SMILES string of the molecule is CCC(C)C1(C)CC(C)CC(C)C2(C1)C(C)CC(C)(N(C)C(C)C)CC2C. The van der Waals surface area contributed by atoms with E-state index in [1.54, 1.807) is 0 Å². The minimum atomic E-state index is 0.350. The molecule has 1 spiro atoms. The first-order valence-electron chi connectivity index (χ1n) is 12.0. The molecule has 0 radical (unpaired) electrons. The van der Waals surface area contributed by atoms with Gasteiger partial charge in [0.15, 0.2) is 0 Å². The average molecular weight is 378 g/mol.